The van der Waals surface area contributed by atoms with Crippen LogP contribution in [-0.4, -0.2) is 27.2 Å². The molecule has 3 rings (SSSR count). The highest BCUT2D eigenvalue weighted by Gasteiger charge is 2.19. The van der Waals surface area contributed by atoms with Gasteiger partial charge in [-0.1, -0.05) is 6.92 Å². The first-order valence-electron chi connectivity index (χ1n) is 8.02. The summed E-state index contributed by atoms with van der Waals surface area (Å²) < 4.78 is 1.72. The topological polar surface area (TPSA) is 59.8 Å². The Morgan fingerprint density at radius 2 is 2.32 bits per heavy atom. The zero-order valence-corrected chi connectivity index (χ0v) is 13.7. The molecular formula is C16H22N4OS. The van der Waals surface area contributed by atoms with Gasteiger partial charge in [0.25, 0.3) is 0 Å². The first-order chi connectivity index (χ1) is 10.8. The van der Waals surface area contributed by atoms with Crippen LogP contribution in [0.2, 0.25) is 0 Å². The summed E-state index contributed by atoms with van der Waals surface area (Å²) in [6.45, 7) is 2.64. The number of fused-ring (bicyclic) bond motifs is 1. The highest BCUT2D eigenvalue weighted by molar-refractivity contribution is 7.11. The number of thiazole rings is 1. The summed E-state index contributed by atoms with van der Waals surface area (Å²) in [6.07, 6.45) is 9.94. The van der Waals surface area contributed by atoms with E-state index < -0.39 is 0 Å². The molecule has 2 aromatic heterocycles. The molecule has 5 nitrogen and oxygen atoms in total. The number of amides is 1. The number of hydrogen-bond acceptors (Lipinski definition) is 4. The van der Waals surface area contributed by atoms with Gasteiger partial charge in [0.2, 0.25) is 5.91 Å². The van der Waals surface area contributed by atoms with Gasteiger partial charge in [0.15, 0.2) is 0 Å². The van der Waals surface area contributed by atoms with Gasteiger partial charge in [-0.05, 0) is 38.2 Å². The van der Waals surface area contributed by atoms with Crippen molar-refractivity contribution >= 4 is 17.2 Å². The van der Waals surface area contributed by atoms with Crippen LogP contribution >= 0.6 is 11.3 Å². The molecule has 6 heteroatoms. The van der Waals surface area contributed by atoms with E-state index in [2.05, 4.69) is 10.4 Å². The monoisotopic (exact) mass is 318 g/mol. The number of nitrogens with zero attached hydrogens (tertiary/aromatic N) is 3. The fraction of sp³-hybridized carbons (Fsp3) is 0.562. The SMILES string of the molecule is CC[C@H](C(=O)NCCc1nc2c(s1)CCCC2)n1cccn1. The standard InChI is InChI=1S/C16H22N4OS/c1-2-13(20-11-5-9-18-20)16(21)17-10-8-15-19-12-6-3-4-7-14(12)22-15/h5,9,11,13H,2-4,6-8,10H2,1H3,(H,17,21)/t13-/m1/s1. The van der Waals surface area contributed by atoms with E-state index in [0.29, 0.717) is 6.54 Å². The van der Waals surface area contributed by atoms with Crippen molar-refractivity contribution in [3.63, 3.8) is 0 Å². The normalized spacial score (nSPS) is 15.3. The van der Waals surface area contributed by atoms with Gasteiger partial charge >= 0.3 is 0 Å². The third kappa shape index (κ3) is 3.38. The molecular weight excluding hydrogens is 296 g/mol. The number of aryl methyl sites for hydroxylation is 2. The summed E-state index contributed by atoms with van der Waals surface area (Å²) in [7, 11) is 0. The molecule has 1 N–H and O–H groups in total. The van der Waals surface area contributed by atoms with Gasteiger partial charge in [0.05, 0.1) is 10.7 Å². The summed E-state index contributed by atoms with van der Waals surface area (Å²) in [5.74, 6) is 0.0347. The molecule has 0 fully saturated rings. The second-order valence-electron chi connectivity index (χ2n) is 5.64. The van der Waals surface area contributed by atoms with Gasteiger partial charge in [-0.15, -0.1) is 11.3 Å². The van der Waals surface area contributed by atoms with E-state index >= 15 is 0 Å². The van der Waals surface area contributed by atoms with Crippen LogP contribution in [0.15, 0.2) is 18.5 Å². The second kappa shape index (κ2) is 7.05. The van der Waals surface area contributed by atoms with Crippen LogP contribution in [0.5, 0.6) is 0 Å². The van der Waals surface area contributed by atoms with Crippen molar-refractivity contribution in [2.45, 2.75) is 51.5 Å². The van der Waals surface area contributed by atoms with Crippen LogP contribution in [0, 0.1) is 0 Å². The summed E-state index contributed by atoms with van der Waals surface area (Å²) in [6, 6.07) is 1.62. The number of hydrogen-bond donors (Lipinski definition) is 1. The Kier molecular flexibility index (Phi) is 4.87. The lowest BCUT2D eigenvalue weighted by molar-refractivity contribution is -0.124. The first kappa shape index (κ1) is 15.2. The molecule has 1 aliphatic rings. The Morgan fingerprint density at radius 3 is 3.05 bits per heavy atom. The maximum atomic E-state index is 12.3. The fourth-order valence-electron chi connectivity index (χ4n) is 2.88. The van der Waals surface area contributed by atoms with E-state index in [9.17, 15) is 4.79 Å². The van der Waals surface area contributed by atoms with Crippen molar-refractivity contribution in [1.29, 1.82) is 0 Å². The number of aromatic nitrogens is 3. The van der Waals surface area contributed by atoms with Crippen molar-refractivity contribution in [3.8, 4) is 0 Å². The summed E-state index contributed by atoms with van der Waals surface area (Å²) in [4.78, 5) is 18.4. The minimum absolute atomic E-state index is 0.0347. The van der Waals surface area contributed by atoms with Crippen molar-refractivity contribution in [2.75, 3.05) is 6.54 Å². The zero-order chi connectivity index (χ0) is 15.4. The highest BCUT2D eigenvalue weighted by atomic mass is 32.1. The van der Waals surface area contributed by atoms with Crippen LogP contribution in [-0.2, 0) is 24.1 Å². The van der Waals surface area contributed by atoms with E-state index in [1.54, 1.807) is 10.9 Å². The Hall–Kier alpha value is -1.69. The van der Waals surface area contributed by atoms with Gasteiger partial charge in [0.1, 0.15) is 6.04 Å². The largest absolute Gasteiger partial charge is 0.354 e. The zero-order valence-electron chi connectivity index (χ0n) is 12.9. The van der Waals surface area contributed by atoms with E-state index in [1.807, 2.05) is 30.5 Å². The Morgan fingerprint density at radius 1 is 1.45 bits per heavy atom. The average Bonchev–Trinajstić information content (AvgIpc) is 3.16. The summed E-state index contributed by atoms with van der Waals surface area (Å²) in [5.41, 5.74) is 1.29. The number of carbonyl (C=O) groups is 1. The van der Waals surface area contributed by atoms with E-state index in [0.717, 1.165) is 24.3 Å². The maximum absolute atomic E-state index is 12.3. The van der Waals surface area contributed by atoms with Crippen LogP contribution in [0.4, 0.5) is 0 Å². The van der Waals surface area contributed by atoms with Gasteiger partial charge in [0, 0.05) is 30.2 Å². The molecule has 1 aliphatic carbocycles. The quantitative estimate of drug-likeness (QED) is 0.890. The van der Waals surface area contributed by atoms with E-state index in [1.165, 1.54) is 29.8 Å². The molecule has 0 aliphatic heterocycles. The molecule has 0 saturated heterocycles. The van der Waals surface area contributed by atoms with Crippen LogP contribution in [0.25, 0.3) is 0 Å². The highest BCUT2D eigenvalue weighted by Crippen LogP contribution is 2.26. The molecule has 0 aromatic carbocycles. The lowest BCUT2D eigenvalue weighted by Crippen LogP contribution is -2.33. The van der Waals surface area contributed by atoms with Crippen molar-refractivity contribution < 1.29 is 4.79 Å². The van der Waals surface area contributed by atoms with Crippen molar-refractivity contribution in [2.24, 2.45) is 0 Å². The number of carbonyl (C=O) groups excluding carboxylic acids is 1. The molecule has 0 saturated carbocycles. The van der Waals surface area contributed by atoms with Gasteiger partial charge in [-0.25, -0.2) is 4.98 Å². The Bertz CT molecular complexity index is 597. The average molecular weight is 318 g/mol. The summed E-state index contributed by atoms with van der Waals surface area (Å²) in [5, 5.41) is 8.33. The van der Waals surface area contributed by atoms with Crippen LogP contribution < -0.4 is 5.32 Å². The molecule has 0 unspecified atom stereocenters. The minimum atomic E-state index is -0.223. The maximum Gasteiger partial charge on any atom is 0.244 e. The smallest absolute Gasteiger partial charge is 0.244 e. The summed E-state index contributed by atoms with van der Waals surface area (Å²) >= 11 is 1.82. The molecule has 1 atom stereocenters. The van der Waals surface area contributed by atoms with Gasteiger partial charge in [-0.3, -0.25) is 9.48 Å². The molecule has 22 heavy (non-hydrogen) atoms. The fourth-order valence-corrected chi connectivity index (χ4v) is 4.04. The first-order valence-corrected chi connectivity index (χ1v) is 8.84. The molecule has 2 heterocycles. The third-order valence-electron chi connectivity index (χ3n) is 4.06. The predicted molar refractivity (Wildman–Crippen MR) is 87.0 cm³/mol. The molecule has 1 amide bonds. The molecule has 0 bridgehead atoms. The Labute approximate surface area is 134 Å². The molecule has 0 radical (unpaired) electrons. The number of rotatable bonds is 6. The predicted octanol–water partition coefficient (Wildman–Crippen LogP) is 2.53. The van der Waals surface area contributed by atoms with Crippen molar-refractivity contribution in [3.05, 3.63) is 34.0 Å². The third-order valence-corrected chi connectivity index (χ3v) is 5.28. The Balaban J connectivity index is 1.52. The number of nitrogens with one attached hydrogen (secondary N) is 1. The lowest BCUT2D eigenvalue weighted by Gasteiger charge is -2.15. The van der Waals surface area contributed by atoms with Crippen LogP contribution in [0.3, 0.4) is 0 Å². The van der Waals surface area contributed by atoms with Crippen LogP contribution in [0.1, 0.15) is 47.8 Å². The lowest BCUT2D eigenvalue weighted by atomic mass is 10.0. The van der Waals surface area contributed by atoms with Gasteiger partial charge < -0.3 is 5.32 Å². The second-order valence-corrected chi connectivity index (χ2v) is 6.80. The van der Waals surface area contributed by atoms with E-state index in [4.69, 9.17) is 4.98 Å². The molecule has 0 spiro atoms. The van der Waals surface area contributed by atoms with E-state index in [-0.39, 0.29) is 11.9 Å². The minimum Gasteiger partial charge on any atom is -0.354 e. The molecule has 118 valence electrons. The van der Waals surface area contributed by atoms with Crippen molar-refractivity contribution in [1.82, 2.24) is 20.1 Å². The van der Waals surface area contributed by atoms with Gasteiger partial charge in [-0.2, -0.15) is 5.10 Å². The molecule has 2 aromatic rings.